The maximum atomic E-state index is 12.4. The van der Waals surface area contributed by atoms with Gasteiger partial charge in [-0.2, -0.15) is 0 Å². The topological polar surface area (TPSA) is 47.6 Å². The van der Waals surface area contributed by atoms with Crippen molar-refractivity contribution in [3.8, 4) is 0 Å². The van der Waals surface area contributed by atoms with Crippen LogP contribution in [0.4, 0.5) is 0 Å². The van der Waals surface area contributed by atoms with E-state index in [0.29, 0.717) is 13.2 Å². The van der Waals surface area contributed by atoms with Gasteiger partial charge in [0, 0.05) is 12.6 Å². The molecule has 4 heteroatoms. The predicted molar refractivity (Wildman–Crippen MR) is 82.3 cm³/mol. The first-order valence-corrected chi connectivity index (χ1v) is 7.75. The maximum absolute atomic E-state index is 12.4. The highest BCUT2D eigenvalue weighted by Crippen LogP contribution is 2.19. The Balaban J connectivity index is 1.81. The number of amides is 1. The minimum absolute atomic E-state index is 0.0101. The summed E-state index contributed by atoms with van der Waals surface area (Å²) in [6, 6.07) is 9.93. The lowest BCUT2D eigenvalue weighted by Gasteiger charge is -2.21. The van der Waals surface area contributed by atoms with Gasteiger partial charge in [-0.3, -0.25) is 4.79 Å². The summed E-state index contributed by atoms with van der Waals surface area (Å²) in [5.41, 5.74) is 1.06. The number of carbonyl (C=O) groups excluding carboxylic acids is 1. The number of rotatable bonds is 7. The third kappa shape index (κ3) is 4.83. The van der Waals surface area contributed by atoms with Crippen LogP contribution in [0.1, 0.15) is 38.2 Å². The second-order valence-electron chi connectivity index (χ2n) is 5.60. The van der Waals surface area contributed by atoms with Crippen LogP contribution in [0.25, 0.3) is 0 Å². The van der Waals surface area contributed by atoms with Crippen molar-refractivity contribution < 1.29 is 14.3 Å². The number of nitrogens with one attached hydrogen (secondary N) is 1. The van der Waals surface area contributed by atoms with E-state index in [0.717, 1.165) is 25.0 Å². The van der Waals surface area contributed by atoms with E-state index in [4.69, 9.17) is 9.47 Å². The summed E-state index contributed by atoms with van der Waals surface area (Å²) in [4.78, 5) is 12.4. The van der Waals surface area contributed by atoms with Crippen LogP contribution in [0.15, 0.2) is 30.3 Å². The molecule has 1 amide bonds. The molecule has 0 bridgehead atoms. The summed E-state index contributed by atoms with van der Waals surface area (Å²) >= 11 is 0. The molecule has 21 heavy (non-hydrogen) atoms. The van der Waals surface area contributed by atoms with Crippen LogP contribution < -0.4 is 5.32 Å². The van der Waals surface area contributed by atoms with Gasteiger partial charge in [-0.15, -0.1) is 0 Å². The van der Waals surface area contributed by atoms with Crippen molar-refractivity contribution in [2.75, 3.05) is 19.8 Å². The van der Waals surface area contributed by atoms with Gasteiger partial charge in [0.25, 0.3) is 0 Å². The number of carbonyl (C=O) groups is 1. The average molecular weight is 291 g/mol. The average Bonchev–Trinajstić information content (AvgIpc) is 3.00. The van der Waals surface area contributed by atoms with E-state index in [9.17, 15) is 4.79 Å². The molecule has 0 saturated carbocycles. The molecular weight excluding hydrogens is 266 g/mol. The van der Waals surface area contributed by atoms with E-state index in [-0.39, 0.29) is 24.0 Å². The van der Waals surface area contributed by atoms with Gasteiger partial charge in [0.15, 0.2) is 0 Å². The molecule has 1 aromatic carbocycles. The van der Waals surface area contributed by atoms with E-state index in [1.807, 2.05) is 44.2 Å². The molecule has 0 spiro atoms. The minimum atomic E-state index is -0.0940. The third-order valence-corrected chi connectivity index (χ3v) is 3.79. The standard InChI is InChI=1S/C17H25NO3/c1-3-16(14-7-5-4-6-8-14)17(19)18-13(2)11-21-15-9-10-20-12-15/h4-8,13,15-16H,3,9-12H2,1-2H3,(H,18,19). The van der Waals surface area contributed by atoms with Gasteiger partial charge >= 0.3 is 0 Å². The first kappa shape index (κ1) is 16.0. The van der Waals surface area contributed by atoms with Crippen molar-refractivity contribution in [1.82, 2.24) is 5.32 Å². The molecule has 116 valence electrons. The van der Waals surface area contributed by atoms with Gasteiger partial charge in [0.1, 0.15) is 0 Å². The largest absolute Gasteiger partial charge is 0.379 e. The lowest BCUT2D eigenvalue weighted by Crippen LogP contribution is -2.39. The summed E-state index contributed by atoms with van der Waals surface area (Å²) < 4.78 is 11.0. The highest BCUT2D eigenvalue weighted by atomic mass is 16.5. The monoisotopic (exact) mass is 291 g/mol. The first-order valence-electron chi connectivity index (χ1n) is 7.75. The fraction of sp³-hybridized carbons (Fsp3) is 0.588. The van der Waals surface area contributed by atoms with Crippen molar-refractivity contribution in [2.24, 2.45) is 0 Å². The summed E-state index contributed by atoms with van der Waals surface area (Å²) in [6.45, 7) is 5.99. The van der Waals surface area contributed by atoms with E-state index in [2.05, 4.69) is 5.32 Å². The van der Waals surface area contributed by atoms with E-state index in [1.165, 1.54) is 0 Å². The lowest BCUT2D eigenvalue weighted by atomic mass is 9.95. The summed E-state index contributed by atoms with van der Waals surface area (Å²) in [6.07, 6.45) is 1.92. The quantitative estimate of drug-likeness (QED) is 0.839. The Kier molecular flexibility index (Phi) is 6.21. The van der Waals surface area contributed by atoms with E-state index in [1.54, 1.807) is 0 Å². The van der Waals surface area contributed by atoms with Crippen molar-refractivity contribution in [3.05, 3.63) is 35.9 Å². The number of hydrogen-bond acceptors (Lipinski definition) is 3. The molecule has 1 aliphatic rings. The van der Waals surface area contributed by atoms with Gasteiger partial charge in [0.2, 0.25) is 5.91 Å². The van der Waals surface area contributed by atoms with Crippen LogP contribution in [-0.2, 0) is 14.3 Å². The first-order chi connectivity index (χ1) is 10.2. The predicted octanol–water partition coefficient (Wildman–Crippen LogP) is 2.49. The second-order valence-corrected chi connectivity index (χ2v) is 5.60. The molecule has 1 heterocycles. The molecule has 0 radical (unpaired) electrons. The fourth-order valence-corrected chi connectivity index (χ4v) is 2.57. The maximum Gasteiger partial charge on any atom is 0.227 e. The molecule has 3 atom stereocenters. The molecule has 1 fully saturated rings. The SMILES string of the molecule is CCC(C(=O)NC(C)COC1CCOC1)c1ccccc1. The summed E-state index contributed by atoms with van der Waals surface area (Å²) in [5.74, 6) is -0.0223. The Bertz CT molecular complexity index is 429. The summed E-state index contributed by atoms with van der Waals surface area (Å²) in [5, 5.41) is 3.05. The number of ether oxygens (including phenoxy) is 2. The van der Waals surface area contributed by atoms with E-state index < -0.39 is 0 Å². The lowest BCUT2D eigenvalue weighted by molar-refractivity contribution is -0.123. The van der Waals surface area contributed by atoms with Gasteiger partial charge in [-0.05, 0) is 25.3 Å². The Morgan fingerprint density at radius 3 is 2.81 bits per heavy atom. The van der Waals surface area contributed by atoms with Crippen LogP contribution in [0, 0.1) is 0 Å². The Labute approximate surface area is 126 Å². The minimum Gasteiger partial charge on any atom is -0.379 e. The van der Waals surface area contributed by atoms with Crippen molar-refractivity contribution >= 4 is 5.91 Å². The molecular formula is C17H25NO3. The second kappa shape index (κ2) is 8.15. The van der Waals surface area contributed by atoms with Crippen molar-refractivity contribution in [1.29, 1.82) is 0 Å². The highest BCUT2D eigenvalue weighted by molar-refractivity contribution is 5.83. The Morgan fingerprint density at radius 1 is 1.43 bits per heavy atom. The van der Waals surface area contributed by atoms with Crippen LogP contribution >= 0.6 is 0 Å². The van der Waals surface area contributed by atoms with Gasteiger partial charge < -0.3 is 14.8 Å². The van der Waals surface area contributed by atoms with Crippen LogP contribution in [-0.4, -0.2) is 37.9 Å². The smallest absolute Gasteiger partial charge is 0.227 e. The normalized spacial score (nSPS) is 21.0. The highest BCUT2D eigenvalue weighted by Gasteiger charge is 2.21. The number of benzene rings is 1. The van der Waals surface area contributed by atoms with Crippen molar-refractivity contribution in [3.63, 3.8) is 0 Å². The van der Waals surface area contributed by atoms with Gasteiger partial charge in [0.05, 0.1) is 25.2 Å². The molecule has 1 N–H and O–H groups in total. The summed E-state index contributed by atoms with van der Waals surface area (Å²) in [7, 11) is 0. The fourth-order valence-electron chi connectivity index (χ4n) is 2.57. The van der Waals surface area contributed by atoms with Crippen LogP contribution in [0.5, 0.6) is 0 Å². The Hall–Kier alpha value is -1.39. The molecule has 3 unspecified atom stereocenters. The molecule has 1 saturated heterocycles. The van der Waals surface area contributed by atoms with Gasteiger partial charge in [-0.25, -0.2) is 0 Å². The zero-order chi connectivity index (χ0) is 15.1. The molecule has 4 nitrogen and oxygen atoms in total. The van der Waals surface area contributed by atoms with Crippen LogP contribution in [0.2, 0.25) is 0 Å². The van der Waals surface area contributed by atoms with Gasteiger partial charge in [-0.1, -0.05) is 37.3 Å². The molecule has 0 aliphatic carbocycles. The molecule has 1 aromatic rings. The third-order valence-electron chi connectivity index (χ3n) is 3.79. The van der Waals surface area contributed by atoms with Crippen molar-refractivity contribution in [2.45, 2.75) is 44.8 Å². The van der Waals surface area contributed by atoms with E-state index >= 15 is 0 Å². The zero-order valence-corrected chi connectivity index (χ0v) is 12.9. The zero-order valence-electron chi connectivity index (χ0n) is 12.9. The van der Waals surface area contributed by atoms with Crippen LogP contribution in [0.3, 0.4) is 0 Å². The number of hydrogen-bond donors (Lipinski definition) is 1. The molecule has 2 rings (SSSR count). The Morgan fingerprint density at radius 2 is 2.19 bits per heavy atom. The molecule has 1 aliphatic heterocycles. The molecule has 0 aromatic heterocycles.